The molecule has 0 saturated heterocycles. The Labute approximate surface area is 169 Å². The molecule has 0 aliphatic heterocycles. The Kier molecular flexibility index (Phi) is 6.98. The van der Waals surface area contributed by atoms with Gasteiger partial charge in [-0.05, 0) is 36.4 Å². The molecular weight excluding hydrogens is 415 g/mol. The summed E-state index contributed by atoms with van der Waals surface area (Å²) < 4.78 is 43.8. The van der Waals surface area contributed by atoms with E-state index in [2.05, 4.69) is 15.3 Å². The van der Waals surface area contributed by atoms with E-state index in [-0.39, 0.29) is 24.0 Å². The SMILES string of the molecule is COc1cccc(Sc2ccnc(Nc3cc(O)cc(C(F)(F)F)c3)n2)c1.Cl. The standard InChI is InChI=1S/C18H14F3N3O2S.ClH/c1-26-14-3-2-4-15(10-14)27-16-5-6-22-17(24-16)23-12-7-11(18(19,20)21)8-13(25)9-12;/h2-10,25H,1H3,(H,22,23,24);1H. The molecule has 1 heterocycles. The number of aromatic nitrogens is 2. The van der Waals surface area contributed by atoms with Gasteiger partial charge in [-0.25, -0.2) is 9.97 Å². The molecule has 0 atom stereocenters. The molecule has 0 saturated carbocycles. The van der Waals surface area contributed by atoms with Crippen LogP contribution in [0.25, 0.3) is 0 Å². The van der Waals surface area contributed by atoms with Crippen LogP contribution < -0.4 is 10.1 Å². The number of methoxy groups -OCH3 is 1. The van der Waals surface area contributed by atoms with Crippen LogP contribution >= 0.6 is 24.2 Å². The van der Waals surface area contributed by atoms with Crippen molar-refractivity contribution in [2.24, 2.45) is 0 Å². The van der Waals surface area contributed by atoms with Crippen molar-refractivity contribution in [3.8, 4) is 11.5 Å². The fraction of sp³-hybridized carbons (Fsp3) is 0.111. The minimum atomic E-state index is -4.57. The van der Waals surface area contributed by atoms with E-state index >= 15 is 0 Å². The van der Waals surface area contributed by atoms with Crippen molar-refractivity contribution in [3.05, 3.63) is 60.3 Å². The number of anilines is 2. The second kappa shape index (κ2) is 9.03. The van der Waals surface area contributed by atoms with E-state index in [1.165, 1.54) is 24.0 Å². The van der Waals surface area contributed by atoms with Crippen LogP contribution in [0.3, 0.4) is 0 Å². The molecule has 28 heavy (non-hydrogen) atoms. The first kappa shape index (κ1) is 21.6. The highest BCUT2D eigenvalue weighted by molar-refractivity contribution is 7.99. The van der Waals surface area contributed by atoms with Crippen LogP contribution in [0.2, 0.25) is 0 Å². The largest absolute Gasteiger partial charge is 0.508 e. The number of ether oxygens (including phenoxy) is 1. The maximum absolute atomic E-state index is 12.9. The Morgan fingerprint density at radius 2 is 1.89 bits per heavy atom. The van der Waals surface area contributed by atoms with Gasteiger partial charge < -0.3 is 15.2 Å². The number of alkyl halides is 3. The summed E-state index contributed by atoms with van der Waals surface area (Å²) in [4.78, 5) is 9.17. The summed E-state index contributed by atoms with van der Waals surface area (Å²) in [6, 6.07) is 11.8. The number of aromatic hydroxyl groups is 1. The summed E-state index contributed by atoms with van der Waals surface area (Å²) in [5, 5.41) is 12.8. The molecule has 1 aromatic heterocycles. The average molecular weight is 430 g/mol. The Balaban J connectivity index is 0.00000280. The predicted molar refractivity (Wildman–Crippen MR) is 103 cm³/mol. The zero-order valence-corrected chi connectivity index (χ0v) is 16.0. The minimum absolute atomic E-state index is 0. The monoisotopic (exact) mass is 429 g/mol. The lowest BCUT2D eigenvalue weighted by molar-refractivity contribution is -0.137. The van der Waals surface area contributed by atoms with Gasteiger partial charge in [-0.15, -0.1) is 12.4 Å². The van der Waals surface area contributed by atoms with Crippen molar-refractivity contribution in [2.75, 3.05) is 12.4 Å². The van der Waals surface area contributed by atoms with Gasteiger partial charge in [0.25, 0.3) is 0 Å². The molecule has 2 N–H and O–H groups in total. The summed E-state index contributed by atoms with van der Waals surface area (Å²) in [5.41, 5.74) is -0.933. The highest BCUT2D eigenvalue weighted by atomic mass is 35.5. The number of benzene rings is 2. The molecule has 10 heteroatoms. The number of halogens is 4. The van der Waals surface area contributed by atoms with E-state index < -0.39 is 17.5 Å². The lowest BCUT2D eigenvalue weighted by Crippen LogP contribution is -2.06. The second-order valence-corrected chi connectivity index (χ2v) is 6.48. The van der Waals surface area contributed by atoms with E-state index in [1.54, 1.807) is 13.2 Å². The lowest BCUT2D eigenvalue weighted by atomic mass is 10.2. The molecule has 3 rings (SSSR count). The van der Waals surface area contributed by atoms with Crippen molar-refractivity contribution < 1.29 is 23.0 Å². The van der Waals surface area contributed by atoms with Crippen molar-refractivity contribution in [3.63, 3.8) is 0 Å². The molecule has 0 unspecified atom stereocenters. The lowest BCUT2D eigenvalue weighted by Gasteiger charge is -2.11. The number of phenolic OH excluding ortho intramolecular Hbond substituents is 1. The summed E-state index contributed by atoms with van der Waals surface area (Å²) >= 11 is 1.35. The first-order chi connectivity index (χ1) is 12.8. The van der Waals surface area contributed by atoms with Crippen LogP contribution in [-0.2, 0) is 6.18 Å². The molecule has 0 aliphatic carbocycles. The molecular formula is C18H15ClF3N3O2S. The fourth-order valence-corrected chi connectivity index (χ4v) is 3.04. The maximum atomic E-state index is 12.9. The number of hydrogen-bond acceptors (Lipinski definition) is 6. The quantitative estimate of drug-likeness (QED) is 0.520. The van der Waals surface area contributed by atoms with Gasteiger partial charge in [-0.3, -0.25) is 0 Å². The Morgan fingerprint density at radius 3 is 2.61 bits per heavy atom. The molecule has 0 amide bonds. The molecule has 148 valence electrons. The van der Waals surface area contributed by atoms with Gasteiger partial charge in [-0.2, -0.15) is 13.2 Å². The zero-order valence-electron chi connectivity index (χ0n) is 14.4. The fourth-order valence-electron chi connectivity index (χ4n) is 2.22. The maximum Gasteiger partial charge on any atom is 0.416 e. The van der Waals surface area contributed by atoms with Crippen molar-refractivity contribution in [2.45, 2.75) is 16.1 Å². The van der Waals surface area contributed by atoms with Gasteiger partial charge in [0, 0.05) is 22.8 Å². The van der Waals surface area contributed by atoms with Crippen molar-refractivity contribution >= 4 is 35.8 Å². The zero-order chi connectivity index (χ0) is 19.4. The van der Waals surface area contributed by atoms with Crippen LogP contribution in [0.4, 0.5) is 24.8 Å². The highest BCUT2D eigenvalue weighted by Gasteiger charge is 2.31. The van der Waals surface area contributed by atoms with Gasteiger partial charge in [0.05, 0.1) is 12.7 Å². The molecule has 5 nitrogen and oxygen atoms in total. The van der Waals surface area contributed by atoms with E-state index in [0.29, 0.717) is 16.8 Å². The molecule has 0 spiro atoms. The van der Waals surface area contributed by atoms with E-state index in [0.717, 1.165) is 11.0 Å². The molecule has 0 fully saturated rings. The molecule has 0 bridgehead atoms. The average Bonchev–Trinajstić information content (AvgIpc) is 2.61. The summed E-state index contributed by atoms with van der Waals surface area (Å²) in [6.07, 6.45) is -3.08. The van der Waals surface area contributed by atoms with Gasteiger partial charge in [-0.1, -0.05) is 17.8 Å². The van der Waals surface area contributed by atoms with Crippen LogP contribution in [0, 0.1) is 0 Å². The topological polar surface area (TPSA) is 67.3 Å². The Bertz CT molecular complexity index is 957. The van der Waals surface area contributed by atoms with Crippen LogP contribution in [0.1, 0.15) is 5.56 Å². The Hall–Kier alpha value is -2.65. The molecule has 0 aliphatic rings. The Morgan fingerprint density at radius 1 is 1.11 bits per heavy atom. The number of nitrogens with zero attached hydrogens (tertiary/aromatic N) is 2. The number of nitrogens with one attached hydrogen (secondary N) is 1. The van der Waals surface area contributed by atoms with Gasteiger partial charge >= 0.3 is 6.18 Å². The molecule has 3 aromatic rings. The van der Waals surface area contributed by atoms with Crippen molar-refractivity contribution in [1.29, 1.82) is 0 Å². The third-order valence-electron chi connectivity index (χ3n) is 3.39. The third-order valence-corrected chi connectivity index (χ3v) is 4.32. The molecule has 0 radical (unpaired) electrons. The normalized spacial score (nSPS) is 10.9. The van der Waals surface area contributed by atoms with Crippen LogP contribution in [-0.4, -0.2) is 22.2 Å². The number of rotatable bonds is 5. The first-order valence-corrected chi connectivity index (χ1v) is 8.48. The van der Waals surface area contributed by atoms with E-state index in [1.807, 2.05) is 24.3 Å². The number of phenols is 1. The van der Waals surface area contributed by atoms with Crippen LogP contribution in [0.5, 0.6) is 11.5 Å². The van der Waals surface area contributed by atoms with E-state index in [4.69, 9.17) is 4.74 Å². The van der Waals surface area contributed by atoms with Gasteiger partial charge in [0.2, 0.25) is 5.95 Å². The highest BCUT2D eigenvalue weighted by Crippen LogP contribution is 2.34. The predicted octanol–water partition coefficient (Wildman–Crippen LogP) is 5.53. The van der Waals surface area contributed by atoms with Crippen molar-refractivity contribution in [1.82, 2.24) is 9.97 Å². The van der Waals surface area contributed by atoms with E-state index in [9.17, 15) is 18.3 Å². The minimum Gasteiger partial charge on any atom is -0.508 e. The smallest absolute Gasteiger partial charge is 0.416 e. The summed E-state index contributed by atoms with van der Waals surface area (Å²) in [6.45, 7) is 0. The summed E-state index contributed by atoms with van der Waals surface area (Å²) in [5.74, 6) is 0.308. The van der Waals surface area contributed by atoms with Gasteiger partial charge in [0.1, 0.15) is 16.5 Å². The number of hydrogen-bond donors (Lipinski definition) is 2. The first-order valence-electron chi connectivity index (χ1n) is 7.67. The third kappa shape index (κ3) is 5.67. The second-order valence-electron chi connectivity index (χ2n) is 5.39. The summed E-state index contributed by atoms with van der Waals surface area (Å²) in [7, 11) is 1.57. The van der Waals surface area contributed by atoms with Crippen LogP contribution in [0.15, 0.2) is 64.6 Å². The molecule has 2 aromatic carbocycles. The van der Waals surface area contributed by atoms with Gasteiger partial charge in [0.15, 0.2) is 0 Å².